The first kappa shape index (κ1) is 22.2. The van der Waals surface area contributed by atoms with Gasteiger partial charge < -0.3 is 5.32 Å². The molecule has 0 saturated heterocycles. The van der Waals surface area contributed by atoms with Gasteiger partial charge in [0.1, 0.15) is 5.82 Å². The molecule has 2 N–H and O–H groups in total. The van der Waals surface area contributed by atoms with Gasteiger partial charge in [0.15, 0.2) is 0 Å². The van der Waals surface area contributed by atoms with Crippen LogP contribution < -0.4 is 10.0 Å². The van der Waals surface area contributed by atoms with Crippen LogP contribution in [0.1, 0.15) is 15.9 Å². The minimum atomic E-state index is -3.46. The number of benzene rings is 3. The first-order valence-corrected chi connectivity index (χ1v) is 11.9. The fourth-order valence-electron chi connectivity index (χ4n) is 3.32. The third kappa shape index (κ3) is 5.64. The van der Waals surface area contributed by atoms with Crippen molar-refractivity contribution in [2.45, 2.75) is 6.54 Å². The minimum Gasteiger partial charge on any atom is -0.348 e. The number of hydrogen-bond acceptors (Lipinski definition) is 4. The molecule has 1 amide bonds. The number of nitrogens with one attached hydrogen (secondary N) is 2. The molecule has 4 rings (SSSR count). The molecule has 0 aliphatic carbocycles. The summed E-state index contributed by atoms with van der Waals surface area (Å²) in [4.78, 5) is 12.7. The standard InChI is InChI=1S/C24H21FN4O3S/c1-33(31,32)28-21-7-5-6-18(14-21)24(30)26-15-19-16-29(22-8-3-2-4-9-22)27-23(19)17-10-12-20(25)13-11-17/h2-14,16,28H,15H2,1H3,(H,26,30). The Hall–Kier alpha value is -3.98. The molecule has 33 heavy (non-hydrogen) atoms. The van der Waals surface area contributed by atoms with Gasteiger partial charge >= 0.3 is 0 Å². The summed E-state index contributed by atoms with van der Waals surface area (Å²) < 4.78 is 40.4. The Bertz CT molecular complexity index is 1380. The Morgan fingerprint density at radius 2 is 1.73 bits per heavy atom. The van der Waals surface area contributed by atoms with Crippen LogP contribution in [-0.4, -0.2) is 30.4 Å². The van der Waals surface area contributed by atoms with E-state index in [2.05, 4.69) is 15.1 Å². The zero-order chi connectivity index (χ0) is 23.4. The van der Waals surface area contributed by atoms with Gasteiger partial charge in [0.05, 0.1) is 17.6 Å². The molecule has 0 unspecified atom stereocenters. The lowest BCUT2D eigenvalue weighted by Gasteiger charge is -2.08. The monoisotopic (exact) mass is 464 g/mol. The highest BCUT2D eigenvalue weighted by Gasteiger charge is 2.15. The summed E-state index contributed by atoms with van der Waals surface area (Å²) in [6.45, 7) is 0.169. The Morgan fingerprint density at radius 3 is 2.42 bits per heavy atom. The zero-order valence-electron chi connectivity index (χ0n) is 17.7. The van der Waals surface area contributed by atoms with E-state index in [-0.39, 0.29) is 18.3 Å². The van der Waals surface area contributed by atoms with Gasteiger partial charge in [-0.2, -0.15) is 5.10 Å². The van der Waals surface area contributed by atoms with E-state index in [1.807, 2.05) is 36.5 Å². The molecule has 0 aliphatic heterocycles. The molecule has 0 aliphatic rings. The number of carbonyl (C=O) groups is 1. The van der Waals surface area contributed by atoms with E-state index in [4.69, 9.17) is 0 Å². The highest BCUT2D eigenvalue weighted by molar-refractivity contribution is 7.92. The number of para-hydroxylation sites is 1. The van der Waals surface area contributed by atoms with Crippen LogP contribution in [0.4, 0.5) is 10.1 Å². The van der Waals surface area contributed by atoms with Gasteiger partial charge in [-0.25, -0.2) is 17.5 Å². The molecule has 1 aromatic heterocycles. The summed E-state index contributed by atoms with van der Waals surface area (Å²) in [5, 5.41) is 7.50. The molecule has 7 nitrogen and oxygen atoms in total. The van der Waals surface area contributed by atoms with E-state index in [1.54, 1.807) is 35.0 Å². The summed E-state index contributed by atoms with van der Waals surface area (Å²) in [6, 6.07) is 21.7. The predicted molar refractivity (Wildman–Crippen MR) is 125 cm³/mol. The van der Waals surface area contributed by atoms with Crippen LogP contribution in [0.15, 0.2) is 85.1 Å². The van der Waals surface area contributed by atoms with Crippen molar-refractivity contribution >= 4 is 21.6 Å². The van der Waals surface area contributed by atoms with Crippen molar-refractivity contribution in [2.75, 3.05) is 11.0 Å². The van der Waals surface area contributed by atoms with E-state index in [1.165, 1.54) is 18.2 Å². The minimum absolute atomic E-state index is 0.169. The molecule has 9 heteroatoms. The maximum atomic E-state index is 13.4. The second-order valence-corrected chi connectivity index (χ2v) is 9.18. The average Bonchev–Trinajstić information content (AvgIpc) is 3.22. The molecule has 0 atom stereocenters. The van der Waals surface area contributed by atoms with Crippen molar-refractivity contribution in [3.8, 4) is 16.9 Å². The largest absolute Gasteiger partial charge is 0.348 e. The number of rotatable bonds is 7. The highest BCUT2D eigenvalue weighted by Crippen LogP contribution is 2.24. The normalized spacial score (nSPS) is 11.2. The number of halogens is 1. The Kier molecular flexibility index (Phi) is 6.23. The van der Waals surface area contributed by atoms with Gasteiger partial charge in [-0.1, -0.05) is 24.3 Å². The van der Waals surface area contributed by atoms with Crippen LogP contribution in [-0.2, 0) is 16.6 Å². The molecule has 0 saturated carbocycles. The van der Waals surface area contributed by atoms with Crippen LogP contribution >= 0.6 is 0 Å². The highest BCUT2D eigenvalue weighted by atomic mass is 32.2. The van der Waals surface area contributed by atoms with E-state index in [9.17, 15) is 17.6 Å². The molecule has 0 fully saturated rings. The second-order valence-electron chi connectivity index (χ2n) is 7.43. The lowest BCUT2D eigenvalue weighted by molar-refractivity contribution is 0.0951. The van der Waals surface area contributed by atoms with Gasteiger partial charge in [-0.05, 0) is 54.6 Å². The Balaban J connectivity index is 1.59. The van der Waals surface area contributed by atoms with Gasteiger partial charge in [-0.3, -0.25) is 9.52 Å². The number of aromatic nitrogens is 2. The topological polar surface area (TPSA) is 93.1 Å². The van der Waals surface area contributed by atoms with Crippen molar-refractivity contribution in [3.63, 3.8) is 0 Å². The van der Waals surface area contributed by atoms with Crippen molar-refractivity contribution in [2.24, 2.45) is 0 Å². The zero-order valence-corrected chi connectivity index (χ0v) is 18.5. The number of nitrogens with zero attached hydrogens (tertiary/aromatic N) is 2. The van der Waals surface area contributed by atoms with Crippen molar-refractivity contribution < 1.29 is 17.6 Å². The average molecular weight is 465 g/mol. The van der Waals surface area contributed by atoms with Crippen molar-refractivity contribution in [1.82, 2.24) is 15.1 Å². The third-order valence-electron chi connectivity index (χ3n) is 4.80. The Morgan fingerprint density at radius 1 is 1.00 bits per heavy atom. The molecular weight excluding hydrogens is 443 g/mol. The van der Waals surface area contributed by atoms with E-state index >= 15 is 0 Å². The summed E-state index contributed by atoms with van der Waals surface area (Å²) in [6.07, 6.45) is 2.86. The molecule has 1 heterocycles. The summed E-state index contributed by atoms with van der Waals surface area (Å²) in [5.74, 6) is -0.719. The van der Waals surface area contributed by atoms with Gasteiger partial charge in [-0.15, -0.1) is 0 Å². The molecule has 4 aromatic rings. The molecule has 168 valence electrons. The fourth-order valence-corrected chi connectivity index (χ4v) is 3.87. The molecule has 3 aromatic carbocycles. The van der Waals surface area contributed by atoms with E-state index < -0.39 is 10.0 Å². The molecule has 0 bridgehead atoms. The van der Waals surface area contributed by atoms with E-state index in [0.29, 0.717) is 16.9 Å². The van der Waals surface area contributed by atoms with Gasteiger partial charge in [0.25, 0.3) is 5.91 Å². The van der Waals surface area contributed by atoms with Gasteiger partial charge in [0, 0.05) is 35.1 Å². The number of amides is 1. The van der Waals surface area contributed by atoms with Crippen LogP contribution in [0.25, 0.3) is 16.9 Å². The number of hydrogen-bond donors (Lipinski definition) is 2. The maximum Gasteiger partial charge on any atom is 0.251 e. The van der Waals surface area contributed by atoms with Crippen LogP contribution in [0, 0.1) is 5.82 Å². The molecule has 0 spiro atoms. The fraction of sp³-hybridized carbons (Fsp3) is 0.0833. The second kappa shape index (κ2) is 9.25. The first-order chi connectivity index (χ1) is 15.8. The predicted octanol–water partition coefficient (Wildman–Crippen LogP) is 3.98. The number of sulfonamides is 1. The summed E-state index contributed by atoms with van der Waals surface area (Å²) in [5.41, 5.74) is 3.53. The van der Waals surface area contributed by atoms with E-state index in [0.717, 1.165) is 23.1 Å². The first-order valence-electron chi connectivity index (χ1n) is 10.0. The summed E-state index contributed by atoms with van der Waals surface area (Å²) in [7, 11) is -3.46. The van der Waals surface area contributed by atoms with Crippen LogP contribution in [0.3, 0.4) is 0 Å². The molecule has 0 radical (unpaired) electrons. The quantitative estimate of drug-likeness (QED) is 0.433. The lowest BCUT2D eigenvalue weighted by atomic mass is 10.1. The summed E-state index contributed by atoms with van der Waals surface area (Å²) >= 11 is 0. The third-order valence-corrected chi connectivity index (χ3v) is 5.40. The van der Waals surface area contributed by atoms with Crippen molar-refractivity contribution in [3.05, 3.63) is 102 Å². The number of anilines is 1. The smallest absolute Gasteiger partial charge is 0.251 e. The van der Waals surface area contributed by atoms with Crippen LogP contribution in [0.5, 0.6) is 0 Å². The lowest BCUT2D eigenvalue weighted by Crippen LogP contribution is -2.23. The number of carbonyl (C=O) groups excluding carboxylic acids is 1. The SMILES string of the molecule is CS(=O)(=O)Nc1cccc(C(=O)NCc2cn(-c3ccccc3)nc2-c2ccc(F)cc2)c1. The van der Waals surface area contributed by atoms with Gasteiger partial charge in [0.2, 0.25) is 10.0 Å². The Labute approximate surface area is 190 Å². The van der Waals surface area contributed by atoms with Crippen LogP contribution in [0.2, 0.25) is 0 Å². The van der Waals surface area contributed by atoms with Crippen molar-refractivity contribution in [1.29, 1.82) is 0 Å². The molecular formula is C24H21FN4O3S. The maximum absolute atomic E-state index is 13.4.